The zero-order chi connectivity index (χ0) is 10.2. The lowest BCUT2D eigenvalue weighted by Crippen LogP contribution is -2.52. The van der Waals surface area contributed by atoms with Crippen LogP contribution >= 0.6 is 0 Å². The number of aldehydes is 1. The molecule has 0 amide bonds. The first-order valence-electron chi connectivity index (χ1n) is 2.35. The zero-order valence-electron chi connectivity index (χ0n) is 5.63. The van der Waals surface area contributed by atoms with Crippen molar-refractivity contribution in [3.8, 4) is 0 Å². The molecule has 0 aliphatic rings. The number of carbonyl (C=O) groups excluding carboxylic acids is 1. The maximum atomic E-state index is 11.6. The van der Waals surface area contributed by atoms with Crippen LogP contribution in [0.15, 0.2) is 0 Å². The van der Waals surface area contributed by atoms with Crippen LogP contribution in [0.5, 0.6) is 0 Å². The molecular formula is C4H3F7O2. The first-order valence-corrected chi connectivity index (χ1v) is 2.35. The van der Waals surface area contributed by atoms with Gasteiger partial charge < -0.3 is 5.48 Å². The molecule has 0 aliphatic carbocycles. The highest BCUT2D eigenvalue weighted by Crippen LogP contribution is 2.45. The normalized spacial score (nSPS) is 13.5. The fourth-order valence-corrected chi connectivity index (χ4v) is 0.263. The summed E-state index contributed by atoms with van der Waals surface area (Å²) in [4.78, 5) is 9.19. The van der Waals surface area contributed by atoms with E-state index in [0.717, 1.165) is 0 Å². The molecule has 2 nitrogen and oxygen atoms in total. The summed E-state index contributed by atoms with van der Waals surface area (Å²) in [5, 5.41) is 0. The minimum absolute atomic E-state index is 0. The third kappa shape index (κ3) is 2.29. The van der Waals surface area contributed by atoms with Gasteiger partial charge in [-0.25, -0.2) is 0 Å². The molecule has 80 valence electrons. The minimum Gasteiger partial charge on any atom is -0.412 e. The van der Waals surface area contributed by atoms with Gasteiger partial charge in [0.05, 0.1) is 0 Å². The van der Waals surface area contributed by atoms with Crippen molar-refractivity contribution in [3.63, 3.8) is 0 Å². The highest BCUT2D eigenvalue weighted by atomic mass is 19.4. The van der Waals surface area contributed by atoms with Gasteiger partial charge in [0.2, 0.25) is 0 Å². The summed E-state index contributed by atoms with van der Waals surface area (Å²) in [5.74, 6) is -12.0. The maximum Gasteiger partial charge on any atom is 0.460 e. The lowest BCUT2D eigenvalue weighted by atomic mass is 10.2. The van der Waals surface area contributed by atoms with Gasteiger partial charge in [-0.2, -0.15) is 30.7 Å². The van der Waals surface area contributed by atoms with Gasteiger partial charge in [-0.15, -0.1) is 0 Å². The Morgan fingerprint density at radius 1 is 0.846 bits per heavy atom. The maximum absolute atomic E-state index is 11.6. The second-order valence-electron chi connectivity index (χ2n) is 1.81. The van der Waals surface area contributed by atoms with Crippen LogP contribution < -0.4 is 0 Å². The van der Waals surface area contributed by atoms with Crippen LogP contribution in [0.25, 0.3) is 0 Å². The molecular weight excluding hydrogens is 213 g/mol. The molecule has 13 heavy (non-hydrogen) atoms. The number of halogens is 7. The molecule has 0 fully saturated rings. The van der Waals surface area contributed by atoms with Gasteiger partial charge in [-0.1, -0.05) is 0 Å². The Hall–Kier alpha value is -0.860. The van der Waals surface area contributed by atoms with E-state index in [1.807, 2.05) is 0 Å². The average molecular weight is 216 g/mol. The summed E-state index contributed by atoms with van der Waals surface area (Å²) in [6, 6.07) is 0. The third-order valence-corrected chi connectivity index (χ3v) is 0.923. The van der Waals surface area contributed by atoms with Gasteiger partial charge in [0, 0.05) is 0 Å². The van der Waals surface area contributed by atoms with E-state index in [4.69, 9.17) is 0 Å². The van der Waals surface area contributed by atoms with Gasteiger partial charge in [0.1, 0.15) is 0 Å². The van der Waals surface area contributed by atoms with Crippen molar-refractivity contribution < 1.29 is 41.0 Å². The summed E-state index contributed by atoms with van der Waals surface area (Å²) >= 11 is 0. The monoisotopic (exact) mass is 216 g/mol. The summed E-state index contributed by atoms with van der Waals surface area (Å²) in [5.41, 5.74) is 0. The van der Waals surface area contributed by atoms with E-state index in [1.54, 1.807) is 0 Å². The Balaban J connectivity index is 0. The van der Waals surface area contributed by atoms with Crippen molar-refractivity contribution in [3.05, 3.63) is 0 Å². The van der Waals surface area contributed by atoms with Crippen molar-refractivity contribution in [2.45, 2.75) is 18.0 Å². The fourth-order valence-electron chi connectivity index (χ4n) is 0.263. The quantitative estimate of drug-likeness (QED) is 0.505. The van der Waals surface area contributed by atoms with E-state index in [0.29, 0.717) is 0 Å². The van der Waals surface area contributed by atoms with Crippen LogP contribution in [0.2, 0.25) is 0 Å². The van der Waals surface area contributed by atoms with Crippen LogP contribution in [0.1, 0.15) is 0 Å². The Morgan fingerprint density at radius 3 is 1.23 bits per heavy atom. The van der Waals surface area contributed by atoms with Crippen molar-refractivity contribution in [2.75, 3.05) is 0 Å². The second-order valence-corrected chi connectivity index (χ2v) is 1.81. The first-order chi connectivity index (χ1) is 5.06. The molecule has 0 heterocycles. The summed E-state index contributed by atoms with van der Waals surface area (Å²) in [6.45, 7) is 0. The smallest absolute Gasteiger partial charge is 0.412 e. The van der Waals surface area contributed by atoms with Crippen LogP contribution in [-0.2, 0) is 4.79 Å². The molecule has 0 unspecified atom stereocenters. The number of carbonyl (C=O) groups is 1. The van der Waals surface area contributed by atoms with Gasteiger partial charge in [0.25, 0.3) is 0 Å². The van der Waals surface area contributed by atoms with Crippen molar-refractivity contribution in [2.24, 2.45) is 0 Å². The highest BCUT2D eigenvalue weighted by molar-refractivity contribution is 5.61. The molecule has 0 bridgehead atoms. The van der Waals surface area contributed by atoms with Gasteiger partial charge in [-0.05, 0) is 0 Å². The summed E-state index contributed by atoms with van der Waals surface area (Å²) < 4.78 is 79.8. The molecule has 0 atom stereocenters. The number of hydrogen-bond acceptors (Lipinski definition) is 1. The van der Waals surface area contributed by atoms with Crippen molar-refractivity contribution >= 4 is 6.29 Å². The SMILES string of the molecule is O.O=CC(F)(F)C(F)(F)C(F)(F)F. The fraction of sp³-hybridized carbons (Fsp3) is 0.750. The first kappa shape index (κ1) is 14.7. The molecule has 0 aromatic rings. The lowest BCUT2D eigenvalue weighted by Gasteiger charge is -2.23. The van der Waals surface area contributed by atoms with E-state index in [-0.39, 0.29) is 5.48 Å². The molecule has 0 aliphatic heterocycles. The summed E-state index contributed by atoms with van der Waals surface area (Å²) in [7, 11) is 0. The molecule has 2 N–H and O–H groups in total. The topological polar surface area (TPSA) is 48.6 Å². The predicted molar refractivity (Wildman–Crippen MR) is 25.6 cm³/mol. The Labute approximate surface area is 66.6 Å². The average Bonchev–Trinajstić information content (AvgIpc) is 1.85. The van der Waals surface area contributed by atoms with E-state index in [1.165, 1.54) is 0 Å². The van der Waals surface area contributed by atoms with Crippen LogP contribution in [0.3, 0.4) is 0 Å². The Kier molecular flexibility index (Phi) is 3.92. The molecule has 0 aromatic heterocycles. The number of alkyl halides is 7. The van der Waals surface area contributed by atoms with Gasteiger partial charge >= 0.3 is 18.0 Å². The molecule has 0 saturated heterocycles. The highest BCUT2D eigenvalue weighted by Gasteiger charge is 2.73. The summed E-state index contributed by atoms with van der Waals surface area (Å²) in [6.07, 6.45) is -8.17. The number of rotatable bonds is 2. The van der Waals surface area contributed by atoms with Crippen molar-refractivity contribution in [1.29, 1.82) is 0 Å². The largest absolute Gasteiger partial charge is 0.460 e. The number of hydrogen-bond donors (Lipinski definition) is 0. The predicted octanol–water partition coefficient (Wildman–Crippen LogP) is 1.19. The second kappa shape index (κ2) is 3.48. The Morgan fingerprint density at radius 2 is 1.15 bits per heavy atom. The molecule has 9 heteroatoms. The van der Waals surface area contributed by atoms with E-state index < -0.39 is 24.3 Å². The van der Waals surface area contributed by atoms with E-state index in [2.05, 4.69) is 0 Å². The lowest BCUT2D eigenvalue weighted by molar-refractivity contribution is -0.340. The van der Waals surface area contributed by atoms with Gasteiger partial charge in [-0.3, -0.25) is 4.79 Å². The van der Waals surface area contributed by atoms with Gasteiger partial charge in [0.15, 0.2) is 6.29 Å². The van der Waals surface area contributed by atoms with E-state index in [9.17, 15) is 35.5 Å². The van der Waals surface area contributed by atoms with Crippen LogP contribution in [-0.4, -0.2) is 29.8 Å². The molecule has 0 saturated carbocycles. The minimum atomic E-state index is -6.43. The van der Waals surface area contributed by atoms with E-state index >= 15 is 0 Å². The van der Waals surface area contributed by atoms with Crippen LogP contribution in [0, 0.1) is 0 Å². The standard InChI is InChI=1S/C4HF7O.H2O/c5-2(6,1-12)3(7,8)4(9,10)11;/h1H;1H2. The molecule has 0 spiro atoms. The molecule has 0 aromatic carbocycles. The Bertz CT molecular complexity index is 183. The molecule has 0 rings (SSSR count). The molecule has 0 radical (unpaired) electrons. The van der Waals surface area contributed by atoms with Crippen LogP contribution in [0.4, 0.5) is 30.7 Å². The van der Waals surface area contributed by atoms with Crippen molar-refractivity contribution in [1.82, 2.24) is 0 Å². The zero-order valence-corrected chi connectivity index (χ0v) is 5.63. The third-order valence-electron chi connectivity index (χ3n) is 0.923.